The zero-order chi connectivity index (χ0) is 23.4. The number of hydrogen-bond donors (Lipinski definition) is 0. The Kier molecular flexibility index (Phi) is 7.72. The Hall–Kier alpha value is -2.36. The van der Waals surface area contributed by atoms with E-state index in [9.17, 15) is 4.79 Å². The summed E-state index contributed by atoms with van der Waals surface area (Å²) in [5, 5.41) is 0.657. The molecule has 0 N–H and O–H groups in total. The fraction of sp³-hybridized carbons (Fsp3) is 0.120. The molecule has 3 aromatic carbocycles. The van der Waals surface area contributed by atoms with E-state index in [0.717, 1.165) is 24.7 Å². The summed E-state index contributed by atoms with van der Waals surface area (Å²) in [7, 11) is 0. The van der Waals surface area contributed by atoms with Gasteiger partial charge in [0.2, 0.25) is 5.90 Å². The molecule has 0 atom stereocenters. The van der Waals surface area contributed by atoms with Crippen molar-refractivity contribution >= 4 is 68.1 Å². The average Bonchev–Trinajstić information content (AvgIpc) is 3.14. The van der Waals surface area contributed by atoms with Crippen LogP contribution >= 0.6 is 50.1 Å². The zero-order valence-corrected chi connectivity index (χ0v) is 22.0. The summed E-state index contributed by atoms with van der Waals surface area (Å²) >= 11 is 11.7. The standard InChI is InChI=1S/C25H18BrClINO4/c1-2-31-22-13-16(11-20(28)23(22)32-14-15-4-3-5-19(27)10-15)12-21-25(30)33-24(29-21)17-6-8-18(26)9-7-17/h3-13H,2,14H2,1H3/b21-12-. The van der Waals surface area contributed by atoms with Crippen LogP contribution in [0.2, 0.25) is 5.02 Å². The van der Waals surface area contributed by atoms with E-state index in [4.69, 9.17) is 25.8 Å². The smallest absolute Gasteiger partial charge is 0.363 e. The second-order valence-corrected chi connectivity index (χ2v) is 9.54. The molecule has 33 heavy (non-hydrogen) atoms. The highest BCUT2D eigenvalue weighted by molar-refractivity contribution is 14.1. The molecule has 0 saturated heterocycles. The Labute approximate surface area is 218 Å². The van der Waals surface area contributed by atoms with Crippen LogP contribution in [-0.4, -0.2) is 18.5 Å². The van der Waals surface area contributed by atoms with Gasteiger partial charge in [-0.2, -0.15) is 0 Å². The second kappa shape index (κ2) is 10.7. The molecule has 1 aliphatic rings. The van der Waals surface area contributed by atoms with Crippen LogP contribution in [0.25, 0.3) is 6.08 Å². The summed E-state index contributed by atoms with van der Waals surface area (Å²) in [6.07, 6.45) is 1.68. The van der Waals surface area contributed by atoms with Crippen molar-refractivity contribution < 1.29 is 19.0 Å². The van der Waals surface area contributed by atoms with Gasteiger partial charge in [0.15, 0.2) is 17.2 Å². The average molecular weight is 639 g/mol. The van der Waals surface area contributed by atoms with Crippen LogP contribution in [0.1, 0.15) is 23.6 Å². The third-order valence-corrected chi connectivity index (χ3v) is 6.18. The summed E-state index contributed by atoms with van der Waals surface area (Å²) in [6.45, 7) is 2.73. The SMILES string of the molecule is CCOc1cc(/C=C2\N=C(c3ccc(Br)cc3)OC2=O)cc(I)c1OCc1cccc(Cl)c1. The number of aliphatic imine (C=N–C) groups is 1. The van der Waals surface area contributed by atoms with Gasteiger partial charge in [0.1, 0.15) is 6.61 Å². The van der Waals surface area contributed by atoms with Crippen LogP contribution in [-0.2, 0) is 16.1 Å². The van der Waals surface area contributed by atoms with Gasteiger partial charge in [-0.15, -0.1) is 0 Å². The molecular weight excluding hydrogens is 621 g/mol. The molecule has 8 heteroatoms. The van der Waals surface area contributed by atoms with Gasteiger partial charge in [-0.3, -0.25) is 0 Å². The number of halogens is 3. The Bertz CT molecular complexity index is 1260. The molecule has 0 amide bonds. The molecule has 0 unspecified atom stereocenters. The van der Waals surface area contributed by atoms with Gasteiger partial charge in [-0.1, -0.05) is 39.7 Å². The van der Waals surface area contributed by atoms with E-state index in [0.29, 0.717) is 29.7 Å². The lowest BCUT2D eigenvalue weighted by Gasteiger charge is -2.15. The first kappa shape index (κ1) is 23.8. The first-order chi connectivity index (χ1) is 15.9. The van der Waals surface area contributed by atoms with Crippen LogP contribution in [0.5, 0.6) is 11.5 Å². The predicted octanol–water partition coefficient (Wildman–Crippen LogP) is 7.03. The van der Waals surface area contributed by atoms with Crippen LogP contribution in [0, 0.1) is 3.57 Å². The molecule has 0 fully saturated rings. The van der Waals surface area contributed by atoms with Gasteiger partial charge < -0.3 is 14.2 Å². The second-order valence-electron chi connectivity index (χ2n) is 7.02. The lowest BCUT2D eigenvalue weighted by molar-refractivity contribution is -0.129. The number of esters is 1. The maximum absolute atomic E-state index is 12.4. The molecule has 4 rings (SSSR count). The third kappa shape index (κ3) is 5.96. The zero-order valence-electron chi connectivity index (χ0n) is 17.5. The van der Waals surface area contributed by atoms with Crippen molar-refractivity contribution in [2.24, 2.45) is 4.99 Å². The molecule has 0 aliphatic carbocycles. The predicted molar refractivity (Wildman–Crippen MR) is 141 cm³/mol. The fourth-order valence-electron chi connectivity index (χ4n) is 3.14. The van der Waals surface area contributed by atoms with Gasteiger partial charge in [0.25, 0.3) is 0 Å². The number of benzene rings is 3. The van der Waals surface area contributed by atoms with Crippen molar-refractivity contribution in [1.29, 1.82) is 0 Å². The molecule has 0 bridgehead atoms. The molecule has 0 radical (unpaired) electrons. The normalized spacial score (nSPS) is 14.2. The van der Waals surface area contributed by atoms with E-state index >= 15 is 0 Å². The van der Waals surface area contributed by atoms with Crippen LogP contribution in [0.4, 0.5) is 0 Å². The summed E-state index contributed by atoms with van der Waals surface area (Å²) in [5.74, 6) is 0.997. The highest BCUT2D eigenvalue weighted by Gasteiger charge is 2.24. The number of carbonyl (C=O) groups excluding carboxylic acids is 1. The highest BCUT2D eigenvalue weighted by atomic mass is 127. The lowest BCUT2D eigenvalue weighted by atomic mass is 10.1. The quantitative estimate of drug-likeness (QED) is 0.159. The number of rotatable bonds is 7. The van der Waals surface area contributed by atoms with Crippen LogP contribution in [0.3, 0.4) is 0 Å². The third-order valence-electron chi connectivity index (χ3n) is 4.62. The summed E-state index contributed by atoms with van der Waals surface area (Å²) in [4.78, 5) is 16.8. The van der Waals surface area contributed by atoms with Crippen molar-refractivity contribution in [2.75, 3.05) is 6.61 Å². The van der Waals surface area contributed by atoms with Crippen molar-refractivity contribution in [3.63, 3.8) is 0 Å². The van der Waals surface area contributed by atoms with Crippen molar-refractivity contribution in [3.05, 3.63) is 96.1 Å². The number of cyclic esters (lactones) is 1. The lowest BCUT2D eigenvalue weighted by Crippen LogP contribution is -2.05. The van der Waals surface area contributed by atoms with E-state index < -0.39 is 5.97 Å². The molecule has 0 aromatic heterocycles. The molecule has 3 aromatic rings. The van der Waals surface area contributed by atoms with Crippen molar-refractivity contribution in [3.8, 4) is 11.5 Å². The fourth-order valence-corrected chi connectivity index (χ4v) is 4.40. The van der Waals surface area contributed by atoms with Gasteiger partial charge in [-0.05, 0) is 95.2 Å². The van der Waals surface area contributed by atoms with Crippen LogP contribution < -0.4 is 9.47 Å². The molecule has 0 spiro atoms. The number of carbonyl (C=O) groups is 1. The Morgan fingerprint density at radius 3 is 2.64 bits per heavy atom. The summed E-state index contributed by atoms with van der Waals surface area (Å²) < 4.78 is 19.0. The van der Waals surface area contributed by atoms with Crippen molar-refractivity contribution in [2.45, 2.75) is 13.5 Å². The summed E-state index contributed by atoms with van der Waals surface area (Å²) in [6, 6.07) is 18.7. The van der Waals surface area contributed by atoms with E-state index in [1.165, 1.54) is 0 Å². The minimum absolute atomic E-state index is 0.221. The molecule has 1 aliphatic heterocycles. The molecule has 168 valence electrons. The Morgan fingerprint density at radius 1 is 1.12 bits per heavy atom. The number of nitrogens with zero attached hydrogens (tertiary/aromatic N) is 1. The molecule has 0 saturated carbocycles. The van der Waals surface area contributed by atoms with E-state index in [2.05, 4.69) is 43.5 Å². The summed E-state index contributed by atoms with van der Waals surface area (Å²) in [5.41, 5.74) is 2.66. The van der Waals surface area contributed by atoms with Crippen molar-refractivity contribution in [1.82, 2.24) is 0 Å². The first-order valence-electron chi connectivity index (χ1n) is 10.0. The van der Waals surface area contributed by atoms with Gasteiger partial charge in [0.05, 0.1) is 10.2 Å². The van der Waals surface area contributed by atoms with E-state index in [-0.39, 0.29) is 11.6 Å². The molecule has 1 heterocycles. The number of ether oxygens (including phenoxy) is 3. The molecule has 5 nitrogen and oxygen atoms in total. The first-order valence-corrected chi connectivity index (χ1v) is 12.3. The monoisotopic (exact) mass is 637 g/mol. The topological polar surface area (TPSA) is 57.1 Å². The Morgan fingerprint density at radius 2 is 1.91 bits per heavy atom. The number of hydrogen-bond acceptors (Lipinski definition) is 5. The van der Waals surface area contributed by atoms with E-state index in [1.54, 1.807) is 6.08 Å². The van der Waals surface area contributed by atoms with Gasteiger partial charge >= 0.3 is 5.97 Å². The Balaban J connectivity index is 1.61. The largest absolute Gasteiger partial charge is 0.490 e. The van der Waals surface area contributed by atoms with E-state index in [1.807, 2.05) is 67.6 Å². The van der Waals surface area contributed by atoms with Gasteiger partial charge in [-0.25, -0.2) is 9.79 Å². The minimum Gasteiger partial charge on any atom is -0.490 e. The maximum Gasteiger partial charge on any atom is 0.363 e. The highest BCUT2D eigenvalue weighted by Crippen LogP contribution is 2.36. The molecular formula is C25H18BrClINO4. The van der Waals surface area contributed by atoms with Crippen LogP contribution in [0.15, 0.2) is 75.8 Å². The minimum atomic E-state index is -0.498. The maximum atomic E-state index is 12.4. The van der Waals surface area contributed by atoms with Gasteiger partial charge in [0, 0.05) is 15.1 Å².